The molecule has 0 spiro atoms. The van der Waals surface area contributed by atoms with Crippen LogP contribution in [0.4, 0.5) is 17.1 Å². The van der Waals surface area contributed by atoms with E-state index in [4.69, 9.17) is 0 Å². The van der Waals surface area contributed by atoms with Gasteiger partial charge in [0.05, 0.1) is 45.0 Å². The molecule has 2 heterocycles. The summed E-state index contributed by atoms with van der Waals surface area (Å²) in [5.41, 5.74) is 12.3. The number of benzene rings is 8. The van der Waals surface area contributed by atoms with Crippen molar-refractivity contribution in [1.29, 1.82) is 10.5 Å². The van der Waals surface area contributed by atoms with Crippen LogP contribution in [0.5, 0.6) is 0 Å². The minimum atomic E-state index is 0.500. The van der Waals surface area contributed by atoms with E-state index in [0.29, 0.717) is 16.8 Å². The Morgan fingerprint density at radius 3 is 1.55 bits per heavy atom. The van der Waals surface area contributed by atoms with Crippen molar-refractivity contribution in [3.05, 3.63) is 199 Å². The lowest BCUT2D eigenvalue weighted by molar-refractivity contribution is 1.16. The Morgan fingerprint density at radius 2 is 0.909 bits per heavy atom. The quantitative estimate of drug-likeness (QED) is 0.173. The molecule has 256 valence electrons. The summed E-state index contributed by atoms with van der Waals surface area (Å²) in [5.74, 6) is 0. The van der Waals surface area contributed by atoms with Crippen LogP contribution in [0.15, 0.2) is 188 Å². The van der Waals surface area contributed by atoms with Gasteiger partial charge in [-0.3, -0.25) is 0 Å². The van der Waals surface area contributed by atoms with Gasteiger partial charge in [-0.05, 0) is 114 Å². The maximum absolute atomic E-state index is 10.3. The van der Waals surface area contributed by atoms with Crippen LogP contribution in [0.25, 0.3) is 66.1 Å². The molecule has 0 atom stereocenters. The van der Waals surface area contributed by atoms with Crippen LogP contribution < -0.4 is 4.90 Å². The summed E-state index contributed by atoms with van der Waals surface area (Å²) in [6.45, 7) is 0. The second-order valence-electron chi connectivity index (χ2n) is 13.7. The molecule has 8 aromatic carbocycles. The largest absolute Gasteiger partial charge is 0.310 e. The Balaban J connectivity index is 1.23. The van der Waals surface area contributed by atoms with E-state index in [1.165, 1.54) is 16.3 Å². The van der Waals surface area contributed by atoms with Crippen LogP contribution >= 0.6 is 0 Å². The molecule has 0 saturated carbocycles. The number of nitrogens with zero attached hydrogens (tertiary/aromatic N) is 5. The van der Waals surface area contributed by atoms with Gasteiger partial charge in [-0.1, -0.05) is 84.9 Å². The van der Waals surface area contributed by atoms with E-state index in [9.17, 15) is 10.5 Å². The number of nitriles is 2. The van der Waals surface area contributed by atoms with E-state index in [1.54, 1.807) is 12.1 Å². The molecule has 0 fully saturated rings. The molecule has 10 rings (SSSR count). The zero-order valence-corrected chi connectivity index (χ0v) is 29.6. The summed E-state index contributed by atoms with van der Waals surface area (Å²) in [6.07, 6.45) is 0. The first-order valence-corrected chi connectivity index (χ1v) is 18.2. The first-order valence-electron chi connectivity index (χ1n) is 18.2. The first-order chi connectivity index (χ1) is 27.2. The maximum Gasteiger partial charge on any atom is 0.101 e. The van der Waals surface area contributed by atoms with Crippen molar-refractivity contribution in [2.24, 2.45) is 0 Å². The third-order valence-electron chi connectivity index (χ3n) is 10.5. The van der Waals surface area contributed by atoms with Crippen LogP contribution in [-0.4, -0.2) is 9.13 Å². The SMILES string of the molecule is N#Cc1ccc(C#N)c(-n2c3ccc(-c4ccc5c(c4)c4ccccc4n5-c4ccccc4)cc3c3cc(N(c4ccccc4)c4ccccc4)ccc32)c1. The highest BCUT2D eigenvalue weighted by atomic mass is 15.1. The molecule has 55 heavy (non-hydrogen) atoms. The number of hydrogen-bond donors (Lipinski definition) is 0. The van der Waals surface area contributed by atoms with Crippen LogP contribution in [0.1, 0.15) is 11.1 Å². The standard InChI is InChI=1S/C50H31N5/c51-32-34-20-21-37(33-52)50(28-34)55-48-26-23-36(35-22-25-47-43(29-35)42-18-10-11-19-46(42)54(47)40-16-8-3-9-17-40)30-44(48)45-31-41(24-27-49(45)55)53(38-12-4-1-5-13-38)39-14-6-2-7-15-39/h1-31H. The van der Waals surface area contributed by atoms with Gasteiger partial charge < -0.3 is 14.0 Å². The van der Waals surface area contributed by atoms with Crippen molar-refractivity contribution in [2.45, 2.75) is 0 Å². The Bertz CT molecular complexity index is 3120. The predicted octanol–water partition coefficient (Wildman–Crippen LogP) is 12.8. The fourth-order valence-electron chi connectivity index (χ4n) is 8.08. The molecule has 0 aliphatic rings. The van der Waals surface area contributed by atoms with Crippen molar-refractivity contribution in [3.63, 3.8) is 0 Å². The first kappa shape index (κ1) is 31.8. The minimum absolute atomic E-state index is 0.500. The highest BCUT2D eigenvalue weighted by Gasteiger charge is 2.20. The third-order valence-corrected chi connectivity index (χ3v) is 10.5. The van der Waals surface area contributed by atoms with Crippen molar-refractivity contribution in [1.82, 2.24) is 9.13 Å². The van der Waals surface area contributed by atoms with E-state index < -0.39 is 0 Å². The van der Waals surface area contributed by atoms with Gasteiger partial charge in [0.2, 0.25) is 0 Å². The topological polar surface area (TPSA) is 60.7 Å². The van der Waals surface area contributed by atoms with Crippen LogP contribution in [0.3, 0.4) is 0 Å². The molecule has 5 nitrogen and oxygen atoms in total. The van der Waals surface area contributed by atoms with Crippen molar-refractivity contribution in [3.8, 4) is 34.6 Å². The number of anilines is 3. The summed E-state index contributed by atoms with van der Waals surface area (Å²) < 4.78 is 4.46. The second kappa shape index (κ2) is 13.0. The molecule has 10 aromatic rings. The average Bonchev–Trinajstić information content (AvgIpc) is 3.76. The van der Waals surface area contributed by atoms with E-state index in [0.717, 1.165) is 61.2 Å². The molecule has 0 radical (unpaired) electrons. The summed E-state index contributed by atoms with van der Waals surface area (Å²) in [6, 6.07) is 69.6. The lowest BCUT2D eigenvalue weighted by Crippen LogP contribution is -2.09. The summed E-state index contributed by atoms with van der Waals surface area (Å²) in [7, 11) is 0. The van der Waals surface area contributed by atoms with Gasteiger partial charge in [-0.2, -0.15) is 10.5 Å². The zero-order valence-electron chi connectivity index (χ0n) is 29.6. The van der Waals surface area contributed by atoms with E-state index in [1.807, 2.05) is 24.3 Å². The number of rotatable bonds is 6. The smallest absolute Gasteiger partial charge is 0.101 e. The summed E-state index contributed by atoms with van der Waals surface area (Å²) >= 11 is 0. The average molecular weight is 702 g/mol. The molecule has 0 N–H and O–H groups in total. The molecule has 0 bridgehead atoms. The fourth-order valence-corrected chi connectivity index (χ4v) is 8.08. The third kappa shape index (κ3) is 5.23. The normalized spacial score (nSPS) is 11.2. The van der Waals surface area contributed by atoms with Gasteiger partial charge in [-0.15, -0.1) is 0 Å². The van der Waals surface area contributed by atoms with Crippen LogP contribution in [0.2, 0.25) is 0 Å². The van der Waals surface area contributed by atoms with Crippen LogP contribution in [0, 0.1) is 22.7 Å². The molecular formula is C50H31N5. The highest BCUT2D eigenvalue weighted by molar-refractivity contribution is 6.13. The van der Waals surface area contributed by atoms with Gasteiger partial charge in [0.15, 0.2) is 0 Å². The zero-order chi connectivity index (χ0) is 36.9. The molecule has 0 amide bonds. The molecule has 0 unspecified atom stereocenters. The number of fused-ring (bicyclic) bond motifs is 6. The number of aromatic nitrogens is 2. The lowest BCUT2D eigenvalue weighted by atomic mass is 10.0. The van der Waals surface area contributed by atoms with Gasteiger partial charge in [0.25, 0.3) is 0 Å². The van der Waals surface area contributed by atoms with Gasteiger partial charge in [-0.25, -0.2) is 0 Å². The van der Waals surface area contributed by atoms with E-state index >= 15 is 0 Å². The highest BCUT2D eigenvalue weighted by Crippen LogP contribution is 2.42. The molecule has 0 aliphatic carbocycles. The number of para-hydroxylation sites is 4. The predicted molar refractivity (Wildman–Crippen MR) is 225 cm³/mol. The summed E-state index contributed by atoms with van der Waals surface area (Å²) in [5, 5.41) is 24.6. The minimum Gasteiger partial charge on any atom is -0.310 e. The Kier molecular flexibility index (Phi) is 7.51. The van der Waals surface area contributed by atoms with Gasteiger partial charge >= 0.3 is 0 Å². The van der Waals surface area contributed by atoms with Gasteiger partial charge in [0, 0.05) is 44.3 Å². The maximum atomic E-state index is 10.3. The Morgan fingerprint density at radius 1 is 0.382 bits per heavy atom. The van der Waals surface area contributed by atoms with Crippen molar-refractivity contribution < 1.29 is 0 Å². The molecule has 0 saturated heterocycles. The van der Waals surface area contributed by atoms with E-state index in [2.05, 4.69) is 178 Å². The van der Waals surface area contributed by atoms with Gasteiger partial charge in [0.1, 0.15) is 6.07 Å². The lowest BCUT2D eigenvalue weighted by Gasteiger charge is -2.25. The monoisotopic (exact) mass is 701 g/mol. The summed E-state index contributed by atoms with van der Waals surface area (Å²) in [4.78, 5) is 2.26. The Labute approximate surface area is 318 Å². The van der Waals surface area contributed by atoms with E-state index in [-0.39, 0.29) is 0 Å². The molecule has 0 aliphatic heterocycles. The van der Waals surface area contributed by atoms with Crippen molar-refractivity contribution in [2.75, 3.05) is 4.90 Å². The molecular weight excluding hydrogens is 671 g/mol. The number of hydrogen-bond acceptors (Lipinski definition) is 3. The fraction of sp³-hybridized carbons (Fsp3) is 0. The van der Waals surface area contributed by atoms with Crippen molar-refractivity contribution >= 4 is 60.7 Å². The molecule has 5 heteroatoms. The van der Waals surface area contributed by atoms with Crippen LogP contribution in [-0.2, 0) is 0 Å². The Hall–Kier alpha value is -7.86. The molecule has 2 aromatic heterocycles. The second-order valence-corrected chi connectivity index (χ2v) is 13.7.